The van der Waals surface area contributed by atoms with Gasteiger partial charge in [-0.05, 0) is 39.5 Å². The van der Waals surface area contributed by atoms with Gasteiger partial charge in [-0.25, -0.2) is 13.1 Å². The van der Waals surface area contributed by atoms with Gasteiger partial charge in [0.25, 0.3) is 0 Å². The largest absolute Gasteiger partial charge is 0.491 e. The molecule has 0 aliphatic heterocycles. The smallest absolute Gasteiger partial charge is 0.250 e. The van der Waals surface area contributed by atoms with Crippen molar-refractivity contribution >= 4 is 37.3 Å². The second kappa shape index (κ2) is 6.51. The molecule has 2 rings (SSSR count). The Morgan fingerprint density at radius 3 is 2.68 bits per heavy atom. The predicted octanol–water partition coefficient (Wildman–Crippen LogP) is 2.87. The molecule has 0 radical (unpaired) electrons. The van der Waals surface area contributed by atoms with Crippen molar-refractivity contribution in [3.63, 3.8) is 0 Å². The maximum Gasteiger partial charge on any atom is 0.250 e. The van der Waals surface area contributed by atoms with Crippen LogP contribution < -0.4 is 9.46 Å². The van der Waals surface area contributed by atoms with E-state index in [0.29, 0.717) is 9.96 Å². The Bertz CT molecular complexity index is 626. The molecule has 7 heteroatoms. The Balaban J connectivity index is 1.83. The average molecular weight is 362 g/mol. The van der Waals surface area contributed by atoms with E-state index in [0.717, 1.165) is 4.47 Å². The second-order valence-electron chi connectivity index (χ2n) is 3.61. The first-order chi connectivity index (χ1) is 9.09. The highest BCUT2D eigenvalue weighted by Crippen LogP contribution is 2.23. The van der Waals surface area contributed by atoms with Gasteiger partial charge in [-0.1, -0.05) is 18.2 Å². The molecule has 0 spiro atoms. The zero-order valence-corrected chi connectivity index (χ0v) is 13.1. The third-order valence-electron chi connectivity index (χ3n) is 2.25. The molecule has 1 aromatic carbocycles. The Hall–Kier alpha value is -0.890. The van der Waals surface area contributed by atoms with Crippen LogP contribution in [-0.2, 0) is 10.0 Å². The van der Waals surface area contributed by atoms with Crippen LogP contribution in [0.1, 0.15) is 0 Å². The van der Waals surface area contributed by atoms with Crippen molar-refractivity contribution in [1.82, 2.24) is 4.72 Å². The number of hydrogen-bond acceptors (Lipinski definition) is 4. The van der Waals surface area contributed by atoms with Gasteiger partial charge in [-0.2, -0.15) is 0 Å². The molecule has 1 aromatic heterocycles. The minimum absolute atomic E-state index is 0.224. The van der Waals surface area contributed by atoms with E-state index in [2.05, 4.69) is 20.7 Å². The highest BCUT2D eigenvalue weighted by molar-refractivity contribution is 9.10. The first-order valence-electron chi connectivity index (χ1n) is 5.50. The van der Waals surface area contributed by atoms with Gasteiger partial charge >= 0.3 is 0 Å². The van der Waals surface area contributed by atoms with E-state index in [1.807, 2.05) is 24.3 Å². The summed E-state index contributed by atoms with van der Waals surface area (Å²) in [7, 11) is -3.40. The van der Waals surface area contributed by atoms with Gasteiger partial charge in [0.15, 0.2) is 0 Å². The van der Waals surface area contributed by atoms with Gasteiger partial charge in [0.1, 0.15) is 16.6 Å². The maximum absolute atomic E-state index is 11.8. The SMILES string of the molecule is O=S(=O)(NCCOc1ccccc1Br)c1cccs1. The third-order valence-corrected chi connectivity index (χ3v) is 5.76. The standard InChI is InChI=1S/C12H12BrNO3S2/c13-10-4-1-2-5-11(10)17-8-7-14-19(15,16)12-6-3-9-18-12/h1-6,9,14H,7-8H2. The van der Waals surface area contributed by atoms with Crippen LogP contribution in [0.25, 0.3) is 0 Å². The highest BCUT2D eigenvalue weighted by Gasteiger charge is 2.13. The lowest BCUT2D eigenvalue weighted by atomic mass is 10.3. The van der Waals surface area contributed by atoms with E-state index in [1.165, 1.54) is 11.3 Å². The van der Waals surface area contributed by atoms with Crippen LogP contribution in [0.3, 0.4) is 0 Å². The first-order valence-corrected chi connectivity index (χ1v) is 8.66. The van der Waals surface area contributed by atoms with Crippen molar-refractivity contribution in [3.8, 4) is 5.75 Å². The topological polar surface area (TPSA) is 55.4 Å². The van der Waals surface area contributed by atoms with Crippen molar-refractivity contribution in [1.29, 1.82) is 0 Å². The molecule has 0 saturated heterocycles. The second-order valence-corrected chi connectivity index (χ2v) is 7.40. The number of rotatable bonds is 6. The molecule has 1 N–H and O–H groups in total. The molecule has 0 unspecified atom stereocenters. The van der Waals surface area contributed by atoms with Crippen molar-refractivity contribution < 1.29 is 13.2 Å². The molecule has 102 valence electrons. The van der Waals surface area contributed by atoms with Gasteiger partial charge in [0, 0.05) is 6.54 Å². The molecule has 0 aliphatic carbocycles. The summed E-state index contributed by atoms with van der Waals surface area (Å²) >= 11 is 4.55. The number of benzene rings is 1. The van der Waals surface area contributed by atoms with Crippen LogP contribution in [0.15, 0.2) is 50.5 Å². The summed E-state index contributed by atoms with van der Waals surface area (Å²) in [6, 6.07) is 10.7. The summed E-state index contributed by atoms with van der Waals surface area (Å²) in [5, 5.41) is 1.73. The Morgan fingerprint density at radius 2 is 2.00 bits per heavy atom. The quantitative estimate of drug-likeness (QED) is 0.804. The third kappa shape index (κ3) is 4.04. The van der Waals surface area contributed by atoms with Crippen LogP contribution in [0, 0.1) is 0 Å². The molecule has 0 atom stereocenters. The molecule has 0 bridgehead atoms. The number of thiophene rings is 1. The summed E-state index contributed by atoms with van der Waals surface area (Å²) in [4.78, 5) is 0. The molecule has 0 amide bonds. The van der Waals surface area contributed by atoms with Gasteiger partial charge in [0.2, 0.25) is 10.0 Å². The zero-order chi connectivity index (χ0) is 13.7. The Labute approximate surface area is 124 Å². The number of sulfonamides is 1. The Morgan fingerprint density at radius 1 is 1.21 bits per heavy atom. The van der Waals surface area contributed by atoms with Gasteiger partial charge in [0.05, 0.1) is 4.47 Å². The summed E-state index contributed by atoms with van der Waals surface area (Å²) in [5.74, 6) is 0.692. The molecular weight excluding hydrogens is 350 g/mol. The highest BCUT2D eigenvalue weighted by atomic mass is 79.9. The maximum atomic E-state index is 11.8. The zero-order valence-electron chi connectivity index (χ0n) is 9.87. The van der Waals surface area contributed by atoms with Crippen LogP contribution in [0.2, 0.25) is 0 Å². The molecule has 0 saturated carbocycles. The number of ether oxygens (including phenoxy) is 1. The summed E-state index contributed by atoms with van der Waals surface area (Å²) in [5.41, 5.74) is 0. The molecule has 0 fully saturated rings. The fourth-order valence-corrected chi connectivity index (χ4v) is 3.84. The monoisotopic (exact) mass is 361 g/mol. The number of nitrogens with one attached hydrogen (secondary N) is 1. The van der Waals surface area contributed by atoms with Crippen LogP contribution >= 0.6 is 27.3 Å². The fraction of sp³-hybridized carbons (Fsp3) is 0.167. The number of halogens is 1. The fourth-order valence-electron chi connectivity index (χ4n) is 1.39. The number of hydrogen-bond donors (Lipinski definition) is 1. The molecule has 1 heterocycles. The van der Waals surface area contributed by atoms with Gasteiger partial charge < -0.3 is 4.74 Å². The lowest BCUT2D eigenvalue weighted by Crippen LogP contribution is -2.27. The van der Waals surface area contributed by atoms with Crippen molar-refractivity contribution in [2.24, 2.45) is 0 Å². The van der Waals surface area contributed by atoms with E-state index in [4.69, 9.17) is 4.74 Å². The number of para-hydroxylation sites is 1. The summed E-state index contributed by atoms with van der Waals surface area (Å²) in [6.45, 7) is 0.495. The van der Waals surface area contributed by atoms with Gasteiger partial charge in [-0.15, -0.1) is 11.3 Å². The van der Waals surface area contributed by atoms with Crippen LogP contribution in [0.5, 0.6) is 5.75 Å². The van der Waals surface area contributed by atoms with Crippen molar-refractivity contribution in [3.05, 3.63) is 46.3 Å². The van der Waals surface area contributed by atoms with E-state index in [1.54, 1.807) is 17.5 Å². The Kier molecular flexibility index (Phi) is 4.98. The lowest BCUT2D eigenvalue weighted by Gasteiger charge is -2.08. The first kappa shape index (κ1) is 14.5. The summed E-state index contributed by atoms with van der Waals surface area (Å²) < 4.78 is 32.7. The molecular formula is C12H12BrNO3S2. The van der Waals surface area contributed by atoms with Crippen molar-refractivity contribution in [2.45, 2.75) is 4.21 Å². The molecule has 4 nitrogen and oxygen atoms in total. The lowest BCUT2D eigenvalue weighted by molar-refractivity contribution is 0.321. The van der Waals surface area contributed by atoms with Crippen LogP contribution in [0.4, 0.5) is 0 Å². The van der Waals surface area contributed by atoms with Crippen LogP contribution in [-0.4, -0.2) is 21.6 Å². The molecule has 2 aromatic rings. The molecule has 19 heavy (non-hydrogen) atoms. The normalized spacial score (nSPS) is 11.4. The van der Waals surface area contributed by atoms with E-state index < -0.39 is 10.0 Å². The summed E-state index contributed by atoms with van der Waals surface area (Å²) in [6.07, 6.45) is 0. The molecule has 0 aliphatic rings. The minimum Gasteiger partial charge on any atom is -0.491 e. The van der Waals surface area contributed by atoms with Gasteiger partial charge in [-0.3, -0.25) is 0 Å². The van der Waals surface area contributed by atoms with E-state index in [9.17, 15) is 8.42 Å². The van der Waals surface area contributed by atoms with E-state index >= 15 is 0 Å². The predicted molar refractivity (Wildman–Crippen MR) is 79.1 cm³/mol. The minimum atomic E-state index is -3.40. The van der Waals surface area contributed by atoms with E-state index in [-0.39, 0.29) is 13.2 Å². The average Bonchev–Trinajstić information content (AvgIpc) is 2.91. The van der Waals surface area contributed by atoms with Crippen molar-refractivity contribution in [2.75, 3.05) is 13.2 Å².